The first-order valence-electron chi connectivity index (χ1n) is 4.12. The van der Waals surface area contributed by atoms with Crippen LogP contribution < -0.4 is 4.74 Å². The standard InChI is InChI=1S/C8H3ClF7NO/c9-1-3-2-17-6(18-8(14,15)16)4(5(3)10)7(11,12)13/h2H,1H2. The Hall–Kier alpha value is -1.25. The van der Waals surface area contributed by atoms with Gasteiger partial charge in [-0.3, -0.25) is 0 Å². The summed E-state index contributed by atoms with van der Waals surface area (Å²) < 4.78 is 89.2. The lowest BCUT2D eigenvalue weighted by Crippen LogP contribution is -2.22. The van der Waals surface area contributed by atoms with Crippen LogP contribution in [0, 0.1) is 5.82 Å². The lowest BCUT2D eigenvalue weighted by atomic mass is 10.2. The van der Waals surface area contributed by atoms with Crippen LogP contribution in [0.5, 0.6) is 5.88 Å². The zero-order chi connectivity index (χ0) is 14.1. The van der Waals surface area contributed by atoms with E-state index in [9.17, 15) is 30.7 Å². The Morgan fingerprint density at radius 3 is 2.11 bits per heavy atom. The fraction of sp³-hybridized carbons (Fsp3) is 0.375. The van der Waals surface area contributed by atoms with Gasteiger partial charge >= 0.3 is 12.5 Å². The van der Waals surface area contributed by atoms with Crippen molar-refractivity contribution in [3.8, 4) is 5.88 Å². The molecule has 0 bridgehead atoms. The van der Waals surface area contributed by atoms with Crippen LogP contribution in [0.4, 0.5) is 30.7 Å². The van der Waals surface area contributed by atoms with E-state index in [-0.39, 0.29) is 0 Å². The minimum atomic E-state index is -5.41. The summed E-state index contributed by atoms with van der Waals surface area (Å²) in [6, 6.07) is 0. The maximum atomic E-state index is 13.3. The summed E-state index contributed by atoms with van der Waals surface area (Å²) in [4.78, 5) is 2.78. The predicted octanol–water partition coefficient (Wildman–Crippen LogP) is 3.88. The topological polar surface area (TPSA) is 22.1 Å². The monoisotopic (exact) mass is 297 g/mol. The van der Waals surface area contributed by atoms with Gasteiger partial charge in [-0.25, -0.2) is 9.37 Å². The van der Waals surface area contributed by atoms with Crippen molar-refractivity contribution in [2.24, 2.45) is 0 Å². The van der Waals surface area contributed by atoms with Crippen molar-refractivity contribution in [2.75, 3.05) is 0 Å². The van der Waals surface area contributed by atoms with E-state index in [2.05, 4.69) is 9.72 Å². The number of hydrogen-bond acceptors (Lipinski definition) is 2. The van der Waals surface area contributed by atoms with Gasteiger partial charge in [0.2, 0.25) is 5.88 Å². The molecule has 0 spiro atoms. The Morgan fingerprint density at radius 2 is 1.72 bits per heavy atom. The third-order valence-electron chi connectivity index (χ3n) is 1.69. The van der Waals surface area contributed by atoms with Gasteiger partial charge in [0.1, 0.15) is 5.82 Å². The van der Waals surface area contributed by atoms with Crippen LogP contribution in [-0.2, 0) is 12.1 Å². The molecular formula is C8H3ClF7NO. The average molecular weight is 298 g/mol. The predicted molar refractivity (Wildman–Crippen MR) is 45.4 cm³/mol. The maximum absolute atomic E-state index is 13.3. The third kappa shape index (κ3) is 3.37. The van der Waals surface area contributed by atoms with E-state index in [0.29, 0.717) is 6.20 Å². The van der Waals surface area contributed by atoms with E-state index < -0.39 is 41.2 Å². The Balaban J connectivity index is 3.39. The van der Waals surface area contributed by atoms with Crippen LogP contribution >= 0.6 is 11.6 Å². The number of rotatable bonds is 2. The van der Waals surface area contributed by atoms with Crippen LogP contribution in [-0.4, -0.2) is 11.3 Å². The lowest BCUT2D eigenvalue weighted by Gasteiger charge is -2.15. The molecule has 0 saturated carbocycles. The van der Waals surface area contributed by atoms with Crippen LogP contribution in [0.25, 0.3) is 0 Å². The van der Waals surface area contributed by atoms with Gasteiger partial charge in [-0.05, 0) is 0 Å². The second-order valence-electron chi connectivity index (χ2n) is 2.96. The SMILES string of the molecule is Fc1c(CCl)cnc(OC(F)(F)F)c1C(F)(F)F. The van der Waals surface area contributed by atoms with Gasteiger partial charge in [-0.15, -0.1) is 24.8 Å². The Bertz CT molecular complexity index is 442. The Morgan fingerprint density at radius 1 is 1.17 bits per heavy atom. The molecule has 0 saturated heterocycles. The number of aromatic nitrogens is 1. The molecule has 18 heavy (non-hydrogen) atoms. The van der Waals surface area contributed by atoms with E-state index in [0.717, 1.165) is 0 Å². The van der Waals surface area contributed by atoms with Gasteiger partial charge < -0.3 is 4.74 Å². The van der Waals surface area contributed by atoms with Crippen molar-refractivity contribution >= 4 is 11.6 Å². The second kappa shape index (κ2) is 4.79. The summed E-state index contributed by atoms with van der Waals surface area (Å²) >= 11 is 5.13. The molecule has 1 heterocycles. The number of ether oxygens (including phenoxy) is 1. The zero-order valence-corrected chi connectivity index (χ0v) is 8.92. The molecule has 0 unspecified atom stereocenters. The van der Waals surface area contributed by atoms with Gasteiger partial charge in [0, 0.05) is 11.8 Å². The molecule has 2 nitrogen and oxygen atoms in total. The molecular weight excluding hydrogens is 295 g/mol. The summed E-state index contributed by atoms with van der Waals surface area (Å²) in [6.07, 6.45) is -10.4. The molecule has 0 fully saturated rings. The molecule has 0 aliphatic carbocycles. The number of pyridine rings is 1. The first kappa shape index (κ1) is 14.8. The molecule has 10 heteroatoms. The highest BCUT2D eigenvalue weighted by Gasteiger charge is 2.43. The van der Waals surface area contributed by atoms with E-state index in [1.54, 1.807) is 0 Å². The highest BCUT2D eigenvalue weighted by atomic mass is 35.5. The van der Waals surface area contributed by atoms with Crippen LogP contribution in [0.15, 0.2) is 6.20 Å². The van der Waals surface area contributed by atoms with Crippen LogP contribution in [0.1, 0.15) is 11.1 Å². The van der Waals surface area contributed by atoms with E-state index in [1.165, 1.54) is 0 Å². The van der Waals surface area contributed by atoms with Crippen LogP contribution in [0.2, 0.25) is 0 Å². The molecule has 102 valence electrons. The van der Waals surface area contributed by atoms with E-state index in [4.69, 9.17) is 11.6 Å². The molecule has 0 atom stereocenters. The number of nitrogens with zero attached hydrogens (tertiary/aromatic N) is 1. The summed E-state index contributed by atoms with van der Waals surface area (Å²) in [5.74, 6) is -4.51. The first-order chi connectivity index (χ1) is 8.06. The number of alkyl halides is 7. The molecule has 0 aliphatic rings. The molecule has 0 amide bonds. The zero-order valence-electron chi connectivity index (χ0n) is 8.16. The van der Waals surface area contributed by atoms with Crippen molar-refractivity contribution < 1.29 is 35.5 Å². The fourth-order valence-electron chi connectivity index (χ4n) is 1.04. The minimum Gasteiger partial charge on any atom is -0.387 e. The largest absolute Gasteiger partial charge is 0.574 e. The molecule has 0 N–H and O–H groups in total. The van der Waals surface area contributed by atoms with Gasteiger partial charge in [-0.1, -0.05) is 0 Å². The molecule has 1 aromatic heterocycles. The van der Waals surface area contributed by atoms with Gasteiger partial charge in [-0.2, -0.15) is 13.2 Å². The number of hydrogen-bond donors (Lipinski definition) is 0. The quantitative estimate of drug-likeness (QED) is 0.610. The van der Waals surface area contributed by atoms with Crippen molar-refractivity contribution in [1.82, 2.24) is 4.98 Å². The summed E-state index contributed by atoms with van der Waals surface area (Å²) in [6.45, 7) is 0. The van der Waals surface area contributed by atoms with Crippen molar-refractivity contribution in [3.05, 3.63) is 23.1 Å². The molecule has 1 rings (SSSR count). The fourth-order valence-corrected chi connectivity index (χ4v) is 1.22. The Kier molecular flexibility index (Phi) is 3.94. The normalized spacial score (nSPS) is 12.7. The van der Waals surface area contributed by atoms with Gasteiger partial charge in [0.05, 0.1) is 5.88 Å². The third-order valence-corrected chi connectivity index (χ3v) is 1.98. The van der Waals surface area contributed by atoms with Gasteiger partial charge in [0.15, 0.2) is 5.56 Å². The minimum absolute atomic E-state index is 0.443. The summed E-state index contributed by atoms with van der Waals surface area (Å²) in [5, 5.41) is 0. The second-order valence-corrected chi connectivity index (χ2v) is 3.22. The summed E-state index contributed by atoms with van der Waals surface area (Å²) in [5.41, 5.74) is -2.92. The highest BCUT2D eigenvalue weighted by Crippen LogP contribution is 2.39. The Labute approximate surface area is 100 Å². The van der Waals surface area contributed by atoms with Crippen molar-refractivity contribution in [3.63, 3.8) is 0 Å². The number of halogens is 8. The maximum Gasteiger partial charge on any atom is 0.574 e. The molecule has 0 aromatic carbocycles. The average Bonchev–Trinajstić information content (AvgIpc) is 2.13. The highest BCUT2D eigenvalue weighted by molar-refractivity contribution is 6.17. The first-order valence-corrected chi connectivity index (χ1v) is 4.66. The van der Waals surface area contributed by atoms with Crippen molar-refractivity contribution in [1.29, 1.82) is 0 Å². The van der Waals surface area contributed by atoms with E-state index >= 15 is 0 Å². The molecule has 0 aliphatic heterocycles. The molecule has 0 radical (unpaired) electrons. The van der Waals surface area contributed by atoms with E-state index in [1.807, 2.05) is 0 Å². The molecule has 1 aromatic rings. The lowest BCUT2D eigenvalue weighted by molar-refractivity contribution is -0.278. The van der Waals surface area contributed by atoms with Crippen molar-refractivity contribution in [2.45, 2.75) is 18.4 Å². The van der Waals surface area contributed by atoms with Crippen LogP contribution in [0.3, 0.4) is 0 Å². The van der Waals surface area contributed by atoms with Gasteiger partial charge in [0.25, 0.3) is 0 Å². The summed E-state index contributed by atoms with van der Waals surface area (Å²) in [7, 11) is 0. The smallest absolute Gasteiger partial charge is 0.387 e.